The number of fused-ring (bicyclic) bond motifs is 3. The van der Waals surface area contributed by atoms with E-state index < -0.39 is 0 Å². The number of rotatable bonds is 8. The summed E-state index contributed by atoms with van der Waals surface area (Å²) in [4.78, 5) is 26.1. The number of nitrogens with zero attached hydrogens (tertiary/aromatic N) is 7. The van der Waals surface area contributed by atoms with Gasteiger partial charge in [-0.15, -0.1) is 15.3 Å². The number of para-hydroxylation sites is 1. The number of thiazole rings is 1. The summed E-state index contributed by atoms with van der Waals surface area (Å²) in [5, 5.41) is 26.7. The van der Waals surface area contributed by atoms with Crippen molar-refractivity contribution in [3.8, 4) is 0 Å². The number of amides is 2. The number of aromatic nitrogens is 7. The average molecular weight is 560 g/mol. The summed E-state index contributed by atoms with van der Waals surface area (Å²) in [6.07, 6.45) is 0. The maximum Gasteiger partial charge on any atom is 0.256 e. The quantitative estimate of drug-likeness (QED) is 0.262. The molecule has 39 heavy (non-hydrogen) atoms. The number of anilines is 2. The summed E-state index contributed by atoms with van der Waals surface area (Å²) in [5.74, 6) is 0.627. The first-order valence-electron chi connectivity index (χ1n) is 11.8. The van der Waals surface area contributed by atoms with Gasteiger partial charge in [0.2, 0.25) is 10.9 Å². The Morgan fingerprint density at radius 1 is 1.03 bits per heavy atom. The lowest BCUT2D eigenvalue weighted by molar-refractivity contribution is -0.113. The summed E-state index contributed by atoms with van der Waals surface area (Å²) in [7, 11) is 0. The predicted octanol–water partition coefficient (Wildman–Crippen LogP) is 4.17. The molecule has 6 rings (SSSR count). The highest BCUT2D eigenvalue weighted by molar-refractivity contribution is 7.99. The van der Waals surface area contributed by atoms with Crippen molar-refractivity contribution in [1.82, 2.24) is 34.7 Å². The first kappa shape index (κ1) is 24.8. The third kappa shape index (κ3) is 5.11. The van der Waals surface area contributed by atoms with Crippen molar-refractivity contribution in [3.05, 3.63) is 77.3 Å². The predicted molar refractivity (Wildman–Crippen MR) is 147 cm³/mol. The lowest BCUT2D eigenvalue weighted by Crippen LogP contribution is -2.15. The van der Waals surface area contributed by atoms with Crippen LogP contribution in [0, 0.1) is 13.8 Å². The van der Waals surface area contributed by atoms with Crippen LogP contribution in [0.15, 0.2) is 64.3 Å². The molecule has 0 spiro atoms. The van der Waals surface area contributed by atoms with Gasteiger partial charge >= 0.3 is 0 Å². The minimum absolute atomic E-state index is 0.162. The number of hydrogen-bond acceptors (Lipinski definition) is 10. The standard InChI is InChI=1S/C25H21N9O3S2/c1-14-11-18(37-31-14)12-33-15(2)22(28-32-33)27-23(36)16-7-9-17(10-8-16)26-21(35)13-38-24-29-30-25-34(24)19-5-3-4-6-20(19)39-25/h3-11H,12-13H2,1-2H3,(H,26,35)(H,27,36). The van der Waals surface area contributed by atoms with E-state index in [-0.39, 0.29) is 17.6 Å². The smallest absolute Gasteiger partial charge is 0.256 e. The summed E-state index contributed by atoms with van der Waals surface area (Å²) < 4.78 is 9.91. The van der Waals surface area contributed by atoms with E-state index in [1.807, 2.05) is 41.7 Å². The fourth-order valence-electron chi connectivity index (χ4n) is 3.93. The van der Waals surface area contributed by atoms with Gasteiger partial charge in [0, 0.05) is 17.3 Å². The molecule has 2 N–H and O–H groups in total. The zero-order chi connectivity index (χ0) is 26.9. The number of benzene rings is 2. The van der Waals surface area contributed by atoms with Crippen molar-refractivity contribution in [2.75, 3.05) is 16.4 Å². The molecule has 2 amide bonds. The molecule has 0 radical (unpaired) electrons. The molecule has 4 heterocycles. The molecule has 6 aromatic rings. The molecule has 0 aliphatic rings. The van der Waals surface area contributed by atoms with Crippen LogP contribution in [0.3, 0.4) is 0 Å². The Balaban J connectivity index is 1.05. The number of hydrogen-bond donors (Lipinski definition) is 2. The maximum absolute atomic E-state index is 12.8. The van der Waals surface area contributed by atoms with Crippen molar-refractivity contribution < 1.29 is 14.1 Å². The highest BCUT2D eigenvalue weighted by atomic mass is 32.2. The molecule has 0 bridgehead atoms. The molecule has 4 aromatic heterocycles. The van der Waals surface area contributed by atoms with E-state index in [9.17, 15) is 9.59 Å². The molecule has 0 atom stereocenters. The SMILES string of the molecule is Cc1cc(Cn2nnc(NC(=O)c3ccc(NC(=O)CSc4nnc5sc6ccccc6n45)cc3)c2C)on1. The van der Waals surface area contributed by atoms with Crippen LogP contribution in [-0.2, 0) is 11.3 Å². The molecule has 0 unspecified atom stereocenters. The Hall–Kier alpha value is -4.56. The van der Waals surface area contributed by atoms with E-state index in [4.69, 9.17) is 4.52 Å². The molecular weight excluding hydrogens is 538 g/mol. The fraction of sp³-hybridized carbons (Fsp3) is 0.160. The summed E-state index contributed by atoms with van der Waals surface area (Å²) in [6, 6.07) is 16.4. The van der Waals surface area contributed by atoms with Crippen LogP contribution in [0.2, 0.25) is 0 Å². The first-order valence-corrected chi connectivity index (χ1v) is 13.6. The van der Waals surface area contributed by atoms with Gasteiger partial charge in [-0.25, -0.2) is 4.68 Å². The average Bonchev–Trinajstić information content (AvgIpc) is 3.70. The first-order chi connectivity index (χ1) is 18.9. The second kappa shape index (κ2) is 10.3. The van der Waals surface area contributed by atoms with Crippen LogP contribution in [0.4, 0.5) is 11.5 Å². The lowest BCUT2D eigenvalue weighted by Gasteiger charge is -2.07. The largest absolute Gasteiger partial charge is 0.359 e. The molecule has 0 fully saturated rings. The van der Waals surface area contributed by atoms with Crippen molar-refractivity contribution in [2.24, 2.45) is 0 Å². The zero-order valence-electron chi connectivity index (χ0n) is 20.8. The van der Waals surface area contributed by atoms with Gasteiger partial charge in [-0.2, -0.15) is 0 Å². The van der Waals surface area contributed by atoms with E-state index in [0.717, 1.165) is 20.9 Å². The molecule has 0 aliphatic carbocycles. The van der Waals surface area contributed by atoms with Crippen LogP contribution >= 0.6 is 23.1 Å². The van der Waals surface area contributed by atoms with Crippen LogP contribution in [0.5, 0.6) is 0 Å². The van der Waals surface area contributed by atoms with E-state index >= 15 is 0 Å². The Morgan fingerprint density at radius 2 is 1.85 bits per heavy atom. The number of carbonyl (C=O) groups is 2. The van der Waals surface area contributed by atoms with Crippen molar-refractivity contribution in [1.29, 1.82) is 0 Å². The Morgan fingerprint density at radius 3 is 2.64 bits per heavy atom. The maximum atomic E-state index is 12.8. The van der Waals surface area contributed by atoms with E-state index in [1.54, 1.807) is 47.2 Å². The van der Waals surface area contributed by atoms with E-state index in [2.05, 4.69) is 36.3 Å². The van der Waals surface area contributed by atoms with E-state index in [1.165, 1.54) is 11.8 Å². The van der Waals surface area contributed by atoms with Gasteiger partial charge in [0.1, 0.15) is 6.54 Å². The van der Waals surface area contributed by atoms with Gasteiger partial charge in [0.25, 0.3) is 5.91 Å². The number of nitrogens with one attached hydrogen (secondary N) is 2. The van der Waals surface area contributed by atoms with Gasteiger partial charge in [-0.1, -0.05) is 45.6 Å². The Labute approximate surface area is 229 Å². The molecule has 0 aliphatic heterocycles. The molecule has 0 saturated heterocycles. The summed E-state index contributed by atoms with van der Waals surface area (Å²) in [6.45, 7) is 4.00. The van der Waals surface area contributed by atoms with Crippen molar-refractivity contribution in [2.45, 2.75) is 25.5 Å². The number of carbonyl (C=O) groups excluding carboxylic acids is 2. The highest BCUT2D eigenvalue weighted by Crippen LogP contribution is 2.29. The summed E-state index contributed by atoms with van der Waals surface area (Å²) in [5.41, 5.74) is 3.46. The molecule has 0 saturated carbocycles. The Kier molecular flexibility index (Phi) is 6.54. The van der Waals surface area contributed by atoms with Gasteiger partial charge in [0.05, 0.1) is 27.4 Å². The van der Waals surface area contributed by atoms with Crippen molar-refractivity contribution >= 4 is 61.6 Å². The molecule has 14 heteroatoms. The van der Waals surface area contributed by atoms with Crippen LogP contribution in [0.25, 0.3) is 15.2 Å². The van der Waals surface area contributed by atoms with Gasteiger partial charge in [-0.3, -0.25) is 14.0 Å². The normalized spacial score (nSPS) is 11.3. The number of aryl methyl sites for hydroxylation is 1. The van der Waals surface area contributed by atoms with Crippen molar-refractivity contribution in [3.63, 3.8) is 0 Å². The molecule has 2 aromatic carbocycles. The van der Waals surface area contributed by atoms with Crippen LogP contribution < -0.4 is 10.6 Å². The van der Waals surface area contributed by atoms with Gasteiger partial charge in [0.15, 0.2) is 16.7 Å². The molecule has 12 nitrogen and oxygen atoms in total. The minimum atomic E-state index is -0.340. The minimum Gasteiger partial charge on any atom is -0.359 e. The molecular formula is C25H21N9O3S2. The second-order valence-electron chi connectivity index (χ2n) is 8.65. The van der Waals surface area contributed by atoms with Crippen LogP contribution in [-0.4, -0.2) is 52.3 Å². The van der Waals surface area contributed by atoms with Crippen LogP contribution in [0.1, 0.15) is 27.5 Å². The highest BCUT2D eigenvalue weighted by Gasteiger charge is 2.16. The topological polar surface area (TPSA) is 145 Å². The second-order valence-corrected chi connectivity index (χ2v) is 10.6. The zero-order valence-corrected chi connectivity index (χ0v) is 22.4. The third-order valence-electron chi connectivity index (χ3n) is 5.87. The fourth-order valence-corrected chi connectivity index (χ4v) is 5.69. The molecule has 196 valence electrons. The van der Waals surface area contributed by atoms with Gasteiger partial charge < -0.3 is 15.2 Å². The Bertz CT molecular complexity index is 1820. The lowest BCUT2D eigenvalue weighted by atomic mass is 10.2. The monoisotopic (exact) mass is 559 g/mol. The summed E-state index contributed by atoms with van der Waals surface area (Å²) >= 11 is 2.87. The number of thioether (sulfide) groups is 1. The third-order valence-corrected chi connectivity index (χ3v) is 7.81. The van der Waals surface area contributed by atoms with E-state index in [0.29, 0.717) is 40.2 Å². The van der Waals surface area contributed by atoms with Gasteiger partial charge in [-0.05, 0) is 50.2 Å².